The second kappa shape index (κ2) is 7.72. The van der Waals surface area contributed by atoms with Gasteiger partial charge in [-0.3, -0.25) is 14.9 Å². The van der Waals surface area contributed by atoms with Gasteiger partial charge in [0.1, 0.15) is 23.2 Å². The molecule has 0 saturated carbocycles. The number of aryl methyl sites for hydroxylation is 1. The second-order valence-corrected chi connectivity index (χ2v) is 6.06. The number of aromatic nitrogens is 3. The molecule has 2 aromatic rings. The third-order valence-corrected chi connectivity index (χ3v) is 4.37. The highest BCUT2D eigenvalue weighted by Gasteiger charge is 2.19. The van der Waals surface area contributed by atoms with Crippen LogP contribution in [0.3, 0.4) is 0 Å². The number of nitrogens with one attached hydrogen (secondary N) is 1. The van der Waals surface area contributed by atoms with Crippen molar-refractivity contribution in [1.82, 2.24) is 25.0 Å². The number of H-pyrrole nitrogens is 1. The van der Waals surface area contributed by atoms with Crippen LogP contribution in [-0.2, 0) is 19.5 Å². The minimum atomic E-state index is -0.221. The fraction of sp³-hybridized carbons (Fsp3) is 0.529. The summed E-state index contributed by atoms with van der Waals surface area (Å²) in [7, 11) is 1.62. The monoisotopic (exact) mass is 333 g/mol. The molecular formula is C17H24FN5O. The van der Waals surface area contributed by atoms with Gasteiger partial charge < -0.3 is 4.74 Å². The normalized spacial score (nSPS) is 16.5. The van der Waals surface area contributed by atoms with E-state index in [-0.39, 0.29) is 5.82 Å². The molecule has 0 spiro atoms. The Morgan fingerprint density at radius 2 is 1.88 bits per heavy atom. The average molecular weight is 333 g/mol. The summed E-state index contributed by atoms with van der Waals surface area (Å²) in [6.07, 6.45) is 0.847. The van der Waals surface area contributed by atoms with Crippen LogP contribution in [-0.4, -0.2) is 58.3 Å². The maximum atomic E-state index is 13.5. The zero-order valence-corrected chi connectivity index (χ0v) is 14.3. The average Bonchev–Trinajstić information content (AvgIpc) is 3.04. The number of ether oxygens (including phenoxy) is 1. The maximum Gasteiger partial charge on any atom is 0.150 e. The zero-order chi connectivity index (χ0) is 16.9. The fourth-order valence-electron chi connectivity index (χ4n) is 2.99. The molecule has 3 rings (SSSR count). The molecule has 1 aliphatic rings. The molecule has 2 heterocycles. The lowest BCUT2D eigenvalue weighted by molar-refractivity contribution is 0.119. The number of halogens is 1. The molecule has 130 valence electrons. The molecule has 6 nitrogen and oxygen atoms in total. The molecule has 0 amide bonds. The van der Waals surface area contributed by atoms with E-state index >= 15 is 0 Å². The Balaban J connectivity index is 1.52. The van der Waals surface area contributed by atoms with Gasteiger partial charge in [0.15, 0.2) is 0 Å². The van der Waals surface area contributed by atoms with E-state index in [2.05, 4.69) is 25.0 Å². The number of hydrogen-bond donors (Lipinski definition) is 1. The molecule has 0 aliphatic carbocycles. The molecule has 0 atom stereocenters. The Labute approximate surface area is 141 Å². The predicted octanol–water partition coefficient (Wildman–Crippen LogP) is 1.83. The van der Waals surface area contributed by atoms with E-state index in [1.54, 1.807) is 19.2 Å². The van der Waals surface area contributed by atoms with Crippen molar-refractivity contribution in [3.05, 3.63) is 41.2 Å². The van der Waals surface area contributed by atoms with Gasteiger partial charge in [-0.05, 0) is 18.2 Å². The largest absolute Gasteiger partial charge is 0.496 e. The Bertz CT molecular complexity index is 667. The van der Waals surface area contributed by atoms with Gasteiger partial charge in [-0.2, -0.15) is 5.10 Å². The highest BCUT2D eigenvalue weighted by molar-refractivity contribution is 5.33. The topological polar surface area (TPSA) is 57.3 Å². The number of piperazine rings is 1. The molecule has 1 saturated heterocycles. The lowest BCUT2D eigenvalue weighted by Crippen LogP contribution is -2.45. The van der Waals surface area contributed by atoms with Crippen LogP contribution in [0.5, 0.6) is 5.75 Å². The van der Waals surface area contributed by atoms with E-state index in [0.29, 0.717) is 6.54 Å². The van der Waals surface area contributed by atoms with E-state index < -0.39 is 0 Å². The van der Waals surface area contributed by atoms with Crippen LogP contribution < -0.4 is 4.74 Å². The number of nitrogens with zero attached hydrogens (tertiary/aromatic N) is 4. The van der Waals surface area contributed by atoms with E-state index in [9.17, 15) is 4.39 Å². The third kappa shape index (κ3) is 4.10. The van der Waals surface area contributed by atoms with Crippen LogP contribution in [0.2, 0.25) is 0 Å². The first-order valence-electron chi connectivity index (χ1n) is 8.35. The number of aromatic amines is 1. The summed E-state index contributed by atoms with van der Waals surface area (Å²) in [6, 6.07) is 4.68. The van der Waals surface area contributed by atoms with Crippen LogP contribution in [0.4, 0.5) is 4.39 Å². The number of benzene rings is 1. The van der Waals surface area contributed by atoms with E-state index in [4.69, 9.17) is 4.74 Å². The quantitative estimate of drug-likeness (QED) is 0.874. The predicted molar refractivity (Wildman–Crippen MR) is 89.3 cm³/mol. The lowest BCUT2D eigenvalue weighted by atomic mass is 10.1. The Hall–Kier alpha value is -1.99. The summed E-state index contributed by atoms with van der Waals surface area (Å²) >= 11 is 0. The molecule has 1 fully saturated rings. The SMILES string of the molecule is CCc1n[nH]c(CN2CCN(Cc3cc(F)ccc3OC)CC2)n1. The molecule has 0 radical (unpaired) electrons. The van der Waals surface area contributed by atoms with Crippen molar-refractivity contribution >= 4 is 0 Å². The first-order valence-corrected chi connectivity index (χ1v) is 8.35. The van der Waals surface area contributed by atoms with Crippen LogP contribution >= 0.6 is 0 Å². The standard InChI is InChI=1S/C17H24FN5O/c1-3-16-19-17(21-20-16)12-23-8-6-22(7-9-23)11-13-10-14(18)4-5-15(13)24-2/h4-5,10H,3,6-9,11-12H2,1-2H3,(H,19,20,21). The first-order chi connectivity index (χ1) is 11.7. The van der Waals surface area contributed by atoms with Crippen molar-refractivity contribution in [3.63, 3.8) is 0 Å². The fourth-order valence-corrected chi connectivity index (χ4v) is 2.99. The van der Waals surface area contributed by atoms with Crippen molar-refractivity contribution in [2.24, 2.45) is 0 Å². The summed E-state index contributed by atoms with van der Waals surface area (Å²) in [5.41, 5.74) is 0.897. The Morgan fingerprint density at radius 1 is 1.17 bits per heavy atom. The van der Waals surface area contributed by atoms with Crippen molar-refractivity contribution in [3.8, 4) is 5.75 Å². The molecule has 24 heavy (non-hydrogen) atoms. The highest BCUT2D eigenvalue weighted by atomic mass is 19.1. The summed E-state index contributed by atoms with van der Waals surface area (Å²) in [5.74, 6) is 2.31. The molecule has 1 aromatic heterocycles. The van der Waals surface area contributed by atoms with Crippen molar-refractivity contribution in [1.29, 1.82) is 0 Å². The molecule has 1 aliphatic heterocycles. The highest BCUT2D eigenvalue weighted by Crippen LogP contribution is 2.21. The van der Waals surface area contributed by atoms with Gasteiger partial charge in [0, 0.05) is 44.7 Å². The maximum absolute atomic E-state index is 13.5. The van der Waals surface area contributed by atoms with Gasteiger partial charge in [0.25, 0.3) is 0 Å². The number of methoxy groups -OCH3 is 1. The third-order valence-electron chi connectivity index (χ3n) is 4.37. The van der Waals surface area contributed by atoms with Crippen LogP contribution in [0.1, 0.15) is 24.1 Å². The minimum Gasteiger partial charge on any atom is -0.496 e. The summed E-state index contributed by atoms with van der Waals surface area (Å²) in [6.45, 7) is 7.34. The summed E-state index contributed by atoms with van der Waals surface area (Å²) < 4.78 is 18.8. The lowest BCUT2D eigenvalue weighted by Gasteiger charge is -2.34. The van der Waals surface area contributed by atoms with E-state index in [1.807, 2.05) is 6.92 Å². The van der Waals surface area contributed by atoms with Gasteiger partial charge in [0.05, 0.1) is 13.7 Å². The van der Waals surface area contributed by atoms with E-state index in [1.165, 1.54) is 6.07 Å². The number of rotatable bonds is 6. The smallest absolute Gasteiger partial charge is 0.150 e. The molecule has 0 bridgehead atoms. The van der Waals surface area contributed by atoms with Gasteiger partial charge in [-0.25, -0.2) is 9.37 Å². The molecular weight excluding hydrogens is 309 g/mol. The summed E-state index contributed by atoms with van der Waals surface area (Å²) in [4.78, 5) is 9.15. The Kier molecular flexibility index (Phi) is 5.42. The van der Waals surface area contributed by atoms with Gasteiger partial charge in [0.2, 0.25) is 0 Å². The first kappa shape index (κ1) is 16.9. The molecule has 1 aromatic carbocycles. The van der Waals surface area contributed by atoms with Gasteiger partial charge in [-0.15, -0.1) is 0 Å². The van der Waals surface area contributed by atoms with Crippen molar-refractivity contribution in [2.75, 3.05) is 33.3 Å². The van der Waals surface area contributed by atoms with Crippen LogP contribution in [0.25, 0.3) is 0 Å². The molecule has 7 heteroatoms. The summed E-state index contributed by atoms with van der Waals surface area (Å²) in [5, 5.41) is 7.18. The van der Waals surface area contributed by atoms with Crippen LogP contribution in [0, 0.1) is 5.82 Å². The van der Waals surface area contributed by atoms with Crippen molar-refractivity contribution < 1.29 is 9.13 Å². The Morgan fingerprint density at radius 3 is 2.50 bits per heavy atom. The van der Waals surface area contributed by atoms with Crippen molar-refractivity contribution in [2.45, 2.75) is 26.4 Å². The van der Waals surface area contributed by atoms with Gasteiger partial charge >= 0.3 is 0 Å². The van der Waals surface area contributed by atoms with Crippen LogP contribution in [0.15, 0.2) is 18.2 Å². The molecule has 1 N–H and O–H groups in total. The second-order valence-electron chi connectivity index (χ2n) is 6.06. The van der Waals surface area contributed by atoms with Gasteiger partial charge in [-0.1, -0.05) is 6.92 Å². The zero-order valence-electron chi connectivity index (χ0n) is 14.3. The number of hydrogen-bond acceptors (Lipinski definition) is 5. The minimum absolute atomic E-state index is 0.221. The van der Waals surface area contributed by atoms with E-state index in [0.717, 1.165) is 62.1 Å². The molecule has 0 unspecified atom stereocenters.